The molecule has 2 aromatic carbocycles. The smallest absolute Gasteiger partial charge is 0.261 e. The average molecular weight is 401 g/mol. The second kappa shape index (κ2) is 7.98. The van der Waals surface area contributed by atoms with Gasteiger partial charge in [0.25, 0.3) is 10.0 Å². The summed E-state index contributed by atoms with van der Waals surface area (Å²) < 4.78 is 44.8. The fraction of sp³-hybridized carbons (Fsp3) is 0.238. The first kappa shape index (κ1) is 19.8. The molecule has 0 aliphatic carbocycles. The molecule has 0 aliphatic rings. The number of sulfonamides is 1. The number of furan rings is 1. The molecule has 0 saturated heterocycles. The van der Waals surface area contributed by atoms with Crippen LogP contribution in [0.1, 0.15) is 22.6 Å². The number of aryl methyl sites for hydroxylation is 2. The Morgan fingerprint density at radius 2 is 1.57 bits per heavy atom. The monoisotopic (exact) mass is 401 g/mol. The van der Waals surface area contributed by atoms with Gasteiger partial charge in [-0.2, -0.15) is 0 Å². The predicted molar refractivity (Wildman–Crippen MR) is 108 cm³/mol. The zero-order valence-corrected chi connectivity index (χ0v) is 17.1. The number of nitrogens with one attached hydrogen (secondary N) is 1. The van der Waals surface area contributed by atoms with E-state index in [1.165, 1.54) is 14.2 Å². The van der Waals surface area contributed by atoms with E-state index in [2.05, 4.69) is 4.72 Å². The molecule has 7 heteroatoms. The Morgan fingerprint density at radius 3 is 2.14 bits per heavy atom. The topological polar surface area (TPSA) is 77.8 Å². The normalized spacial score (nSPS) is 11.3. The Morgan fingerprint density at radius 1 is 0.929 bits per heavy atom. The van der Waals surface area contributed by atoms with Gasteiger partial charge in [-0.15, -0.1) is 0 Å². The molecule has 0 radical (unpaired) electrons. The van der Waals surface area contributed by atoms with E-state index in [0.717, 1.165) is 17.1 Å². The number of methoxy groups -OCH3 is 2. The van der Waals surface area contributed by atoms with Gasteiger partial charge in [0.2, 0.25) is 0 Å². The lowest BCUT2D eigenvalue weighted by molar-refractivity contribution is 0.354. The lowest BCUT2D eigenvalue weighted by Crippen LogP contribution is -2.14. The van der Waals surface area contributed by atoms with Gasteiger partial charge in [0.05, 0.1) is 24.8 Å². The van der Waals surface area contributed by atoms with E-state index in [1.54, 1.807) is 36.4 Å². The summed E-state index contributed by atoms with van der Waals surface area (Å²) in [6.07, 6.45) is 0.403. The number of ether oxygens (including phenoxy) is 2. The first-order valence-corrected chi connectivity index (χ1v) is 10.2. The van der Waals surface area contributed by atoms with Crippen LogP contribution in [0.2, 0.25) is 0 Å². The highest BCUT2D eigenvalue weighted by molar-refractivity contribution is 7.92. The van der Waals surface area contributed by atoms with Crippen molar-refractivity contribution in [1.29, 1.82) is 0 Å². The van der Waals surface area contributed by atoms with E-state index in [9.17, 15) is 8.42 Å². The van der Waals surface area contributed by atoms with Gasteiger partial charge in [0.1, 0.15) is 11.5 Å². The number of benzene rings is 2. The van der Waals surface area contributed by atoms with Crippen molar-refractivity contribution in [3.8, 4) is 11.5 Å². The van der Waals surface area contributed by atoms with Gasteiger partial charge in [0.15, 0.2) is 11.5 Å². The number of rotatable bonds is 7. The standard InChI is InChI=1S/C21H23NO5S/c1-14-5-9-18(10-6-14)28(23,24)22-19-13-21(26-4)20(25-3)12-16(19)11-17-8-7-15(2)27-17/h5-10,12-13,22H,11H2,1-4H3. The highest BCUT2D eigenvalue weighted by Crippen LogP contribution is 2.35. The van der Waals surface area contributed by atoms with Gasteiger partial charge in [-0.1, -0.05) is 17.7 Å². The summed E-state index contributed by atoms with van der Waals surface area (Å²) in [6, 6.07) is 13.8. The summed E-state index contributed by atoms with van der Waals surface area (Å²) in [7, 11) is -0.719. The Kier molecular flexibility index (Phi) is 5.65. The first-order valence-electron chi connectivity index (χ1n) is 8.72. The lowest BCUT2D eigenvalue weighted by Gasteiger charge is -2.16. The molecule has 0 saturated carbocycles. The molecular formula is C21H23NO5S. The van der Waals surface area contributed by atoms with Gasteiger partial charge in [-0.25, -0.2) is 8.42 Å². The molecule has 3 aromatic rings. The maximum absolute atomic E-state index is 12.9. The molecule has 1 aromatic heterocycles. The summed E-state index contributed by atoms with van der Waals surface area (Å²) in [5.74, 6) is 2.46. The summed E-state index contributed by atoms with van der Waals surface area (Å²) >= 11 is 0. The van der Waals surface area contributed by atoms with Crippen LogP contribution in [0.25, 0.3) is 0 Å². The van der Waals surface area contributed by atoms with E-state index < -0.39 is 10.0 Å². The quantitative estimate of drug-likeness (QED) is 0.638. The van der Waals surface area contributed by atoms with Crippen molar-refractivity contribution in [2.45, 2.75) is 25.2 Å². The third-order valence-electron chi connectivity index (χ3n) is 4.35. The number of hydrogen-bond acceptors (Lipinski definition) is 5. The molecule has 1 N–H and O–H groups in total. The van der Waals surface area contributed by atoms with Crippen LogP contribution >= 0.6 is 0 Å². The average Bonchev–Trinajstić information content (AvgIpc) is 3.07. The third kappa shape index (κ3) is 4.31. The van der Waals surface area contributed by atoms with Crippen molar-refractivity contribution in [3.05, 3.63) is 71.2 Å². The zero-order valence-electron chi connectivity index (χ0n) is 16.3. The Balaban J connectivity index is 2.03. The number of hydrogen-bond donors (Lipinski definition) is 1. The molecule has 0 spiro atoms. The maximum Gasteiger partial charge on any atom is 0.261 e. The molecule has 1 heterocycles. The van der Waals surface area contributed by atoms with E-state index in [-0.39, 0.29) is 4.90 Å². The minimum atomic E-state index is -3.76. The van der Waals surface area contributed by atoms with Crippen LogP contribution in [0.3, 0.4) is 0 Å². The van der Waals surface area contributed by atoms with Crippen molar-refractivity contribution < 1.29 is 22.3 Å². The van der Waals surface area contributed by atoms with E-state index in [0.29, 0.717) is 29.2 Å². The van der Waals surface area contributed by atoms with Crippen LogP contribution in [0.5, 0.6) is 11.5 Å². The van der Waals surface area contributed by atoms with Crippen LogP contribution in [0, 0.1) is 13.8 Å². The molecule has 0 aliphatic heterocycles. The molecule has 148 valence electrons. The van der Waals surface area contributed by atoms with E-state index >= 15 is 0 Å². The Labute approximate surface area is 165 Å². The number of anilines is 1. The lowest BCUT2D eigenvalue weighted by atomic mass is 10.1. The van der Waals surface area contributed by atoms with Crippen LogP contribution in [0.4, 0.5) is 5.69 Å². The molecular weight excluding hydrogens is 378 g/mol. The van der Waals surface area contributed by atoms with Crippen LogP contribution in [-0.4, -0.2) is 22.6 Å². The molecule has 0 fully saturated rings. The molecule has 3 rings (SSSR count). The van der Waals surface area contributed by atoms with Gasteiger partial charge < -0.3 is 13.9 Å². The van der Waals surface area contributed by atoms with Crippen LogP contribution in [-0.2, 0) is 16.4 Å². The maximum atomic E-state index is 12.9. The third-order valence-corrected chi connectivity index (χ3v) is 5.73. The summed E-state index contributed by atoms with van der Waals surface area (Å²) in [4.78, 5) is 0.188. The first-order chi connectivity index (χ1) is 13.3. The minimum Gasteiger partial charge on any atom is -0.493 e. The molecule has 0 atom stereocenters. The van der Waals surface area contributed by atoms with Gasteiger partial charge >= 0.3 is 0 Å². The van der Waals surface area contributed by atoms with E-state index in [1.807, 2.05) is 26.0 Å². The van der Waals surface area contributed by atoms with Crippen molar-refractivity contribution in [2.75, 3.05) is 18.9 Å². The summed E-state index contributed by atoms with van der Waals surface area (Å²) in [5.41, 5.74) is 2.11. The SMILES string of the molecule is COc1cc(Cc2ccc(C)o2)c(NS(=O)(=O)c2ccc(C)cc2)cc1OC. The molecule has 0 amide bonds. The highest BCUT2D eigenvalue weighted by atomic mass is 32.2. The van der Waals surface area contributed by atoms with Crippen LogP contribution in [0.15, 0.2) is 57.8 Å². The fourth-order valence-corrected chi connectivity index (χ4v) is 3.94. The van der Waals surface area contributed by atoms with Crippen molar-refractivity contribution in [3.63, 3.8) is 0 Å². The molecule has 0 bridgehead atoms. The minimum absolute atomic E-state index is 0.188. The molecule has 6 nitrogen and oxygen atoms in total. The summed E-state index contributed by atoms with van der Waals surface area (Å²) in [6.45, 7) is 3.76. The second-order valence-corrected chi connectivity index (χ2v) is 8.15. The largest absolute Gasteiger partial charge is 0.493 e. The second-order valence-electron chi connectivity index (χ2n) is 6.47. The van der Waals surface area contributed by atoms with Crippen molar-refractivity contribution in [2.24, 2.45) is 0 Å². The molecule has 0 unspecified atom stereocenters. The Bertz CT molecular complexity index is 1070. The predicted octanol–water partition coefficient (Wildman–Crippen LogP) is 4.31. The van der Waals surface area contributed by atoms with Crippen molar-refractivity contribution in [1.82, 2.24) is 0 Å². The fourth-order valence-electron chi connectivity index (χ4n) is 2.85. The highest BCUT2D eigenvalue weighted by Gasteiger charge is 2.19. The summed E-state index contributed by atoms with van der Waals surface area (Å²) in [5, 5.41) is 0. The van der Waals surface area contributed by atoms with Crippen LogP contribution < -0.4 is 14.2 Å². The Hall–Kier alpha value is -2.93. The van der Waals surface area contributed by atoms with Gasteiger partial charge in [-0.3, -0.25) is 4.72 Å². The zero-order chi connectivity index (χ0) is 20.3. The molecule has 28 heavy (non-hydrogen) atoms. The van der Waals surface area contributed by atoms with Gasteiger partial charge in [-0.05, 0) is 49.7 Å². The van der Waals surface area contributed by atoms with Crippen molar-refractivity contribution >= 4 is 15.7 Å². The van der Waals surface area contributed by atoms with E-state index in [4.69, 9.17) is 13.9 Å². The van der Waals surface area contributed by atoms with Gasteiger partial charge in [0, 0.05) is 12.5 Å².